The SMILES string of the molecule is C=N/C(=C(/C(=O)N(C)CCCO)N(COc1ccccc1C)Cc1ccc(F)cc1)N(C)C=O. The molecule has 0 aliphatic carbocycles. The minimum Gasteiger partial charge on any atom is -0.473 e. The van der Waals surface area contributed by atoms with Crippen LogP contribution in [0.15, 0.2) is 65.0 Å². The molecule has 0 aliphatic heterocycles. The molecular formula is C25H31FN4O4. The Balaban J connectivity index is 2.54. The van der Waals surface area contributed by atoms with Crippen molar-refractivity contribution in [1.29, 1.82) is 0 Å². The second kappa shape index (κ2) is 13.1. The van der Waals surface area contributed by atoms with Gasteiger partial charge < -0.3 is 24.5 Å². The van der Waals surface area contributed by atoms with Gasteiger partial charge in [-0.1, -0.05) is 30.3 Å². The maximum Gasteiger partial charge on any atom is 0.273 e. The molecule has 8 nitrogen and oxygen atoms in total. The first-order chi connectivity index (χ1) is 16.3. The largest absolute Gasteiger partial charge is 0.473 e. The molecule has 0 bridgehead atoms. The predicted octanol–water partition coefficient (Wildman–Crippen LogP) is 2.77. The van der Waals surface area contributed by atoms with E-state index in [4.69, 9.17) is 4.74 Å². The molecule has 2 rings (SSSR count). The van der Waals surface area contributed by atoms with Gasteiger partial charge in [0.1, 0.15) is 17.3 Å². The lowest BCUT2D eigenvalue weighted by molar-refractivity contribution is -0.128. The monoisotopic (exact) mass is 470 g/mol. The van der Waals surface area contributed by atoms with Crippen LogP contribution in [-0.4, -0.2) is 72.8 Å². The second-order valence-corrected chi connectivity index (χ2v) is 7.71. The third-order valence-corrected chi connectivity index (χ3v) is 5.13. The van der Waals surface area contributed by atoms with E-state index in [-0.39, 0.29) is 43.8 Å². The molecule has 34 heavy (non-hydrogen) atoms. The van der Waals surface area contributed by atoms with E-state index in [0.29, 0.717) is 18.6 Å². The fourth-order valence-electron chi connectivity index (χ4n) is 3.23. The Morgan fingerprint density at radius 1 is 1.18 bits per heavy atom. The van der Waals surface area contributed by atoms with Crippen LogP contribution >= 0.6 is 0 Å². The van der Waals surface area contributed by atoms with Crippen molar-refractivity contribution in [2.45, 2.75) is 19.9 Å². The molecule has 182 valence electrons. The Morgan fingerprint density at radius 3 is 2.44 bits per heavy atom. The van der Waals surface area contributed by atoms with E-state index in [1.165, 1.54) is 24.1 Å². The lowest BCUT2D eigenvalue weighted by Crippen LogP contribution is -2.41. The van der Waals surface area contributed by atoms with Gasteiger partial charge in [0.2, 0.25) is 6.41 Å². The van der Waals surface area contributed by atoms with Crippen molar-refractivity contribution in [3.63, 3.8) is 0 Å². The average molecular weight is 471 g/mol. The number of carbonyl (C=O) groups is 2. The molecule has 9 heteroatoms. The summed E-state index contributed by atoms with van der Waals surface area (Å²) in [6.45, 7) is 5.79. The van der Waals surface area contributed by atoms with E-state index < -0.39 is 5.91 Å². The maximum absolute atomic E-state index is 13.5. The number of para-hydroxylation sites is 1. The quantitative estimate of drug-likeness (QED) is 0.211. The number of amides is 2. The molecule has 0 spiro atoms. The van der Waals surface area contributed by atoms with E-state index in [2.05, 4.69) is 11.7 Å². The van der Waals surface area contributed by atoms with E-state index in [1.54, 1.807) is 24.1 Å². The third kappa shape index (κ3) is 7.14. The Kier molecular flexibility index (Phi) is 10.2. The zero-order valence-corrected chi connectivity index (χ0v) is 19.8. The fraction of sp³-hybridized carbons (Fsp3) is 0.320. The van der Waals surface area contributed by atoms with Crippen LogP contribution in [0.3, 0.4) is 0 Å². The third-order valence-electron chi connectivity index (χ3n) is 5.13. The average Bonchev–Trinajstić information content (AvgIpc) is 2.84. The number of aliphatic hydroxyl groups is 1. The summed E-state index contributed by atoms with van der Waals surface area (Å²) in [7, 11) is 3.06. The minimum atomic E-state index is -0.431. The van der Waals surface area contributed by atoms with E-state index >= 15 is 0 Å². The van der Waals surface area contributed by atoms with Gasteiger partial charge in [0.25, 0.3) is 5.91 Å². The van der Waals surface area contributed by atoms with Gasteiger partial charge in [-0.2, -0.15) is 0 Å². The Morgan fingerprint density at radius 2 is 1.85 bits per heavy atom. The van der Waals surface area contributed by atoms with Gasteiger partial charge in [0, 0.05) is 33.8 Å². The van der Waals surface area contributed by atoms with E-state index in [0.717, 1.165) is 16.0 Å². The molecule has 0 aliphatic rings. The highest BCUT2D eigenvalue weighted by Gasteiger charge is 2.28. The van der Waals surface area contributed by atoms with Crippen molar-refractivity contribution in [2.75, 3.05) is 34.0 Å². The normalized spacial score (nSPS) is 11.3. The van der Waals surface area contributed by atoms with Gasteiger partial charge in [0.05, 0.1) is 0 Å². The molecule has 1 N–H and O–H groups in total. The van der Waals surface area contributed by atoms with Crippen molar-refractivity contribution in [3.05, 3.63) is 77.0 Å². The number of benzene rings is 2. The van der Waals surface area contributed by atoms with Crippen LogP contribution in [0.25, 0.3) is 0 Å². The first-order valence-corrected chi connectivity index (χ1v) is 10.8. The van der Waals surface area contributed by atoms with Crippen molar-refractivity contribution < 1.29 is 23.8 Å². The summed E-state index contributed by atoms with van der Waals surface area (Å²) in [5.41, 5.74) is 1.71. The van der Waals surface area contributed by atoms with E-state index in [1.807, 2.05) is 31.2 Å². The summed E-state index contributed by atoms with van der Waals surface area (Å²) < 4.78 is 19.5. The van der Waals surface area contributed by atoms with Gasteiger partial charge in [-0.25, -0.2) is 9.38 Å². The van der Waals surface area contributed by atoms with Crippen LogP contribution in [0.2, 0.25) is 0 Å². The molecule has 0 heterocycles. The number of likely N-dealkylation sites (N-methyl/N-ethyl adjacent to an activating group) is 1. The molecule has 0 aromatic heterocycles. The summed E-state index contributed by atoms with van der Waals surface area (Å²) in [5, 5.41) is 9.19. The van der Waals surface area contributed by atoms with Crippen LogP contribution in [0.1, 0.15) is 17.5 Å². The summed E-state index contributed by atoms with van der Waals surface area (Å²) in [6, 6.07) is 13.3. The van der Waals surface area contributed by atoms with Crippen molar-refractivity contribution >= 4 is 19.0 Å². The maximum atomic E-state index is 13.5. The molecule has 0 unspecified atom stereocenters. The predicted molar refractivity (Wildman–Crippen MR) is 128 cm³/mol. The molecule has 2 aromatic carbocycles. The number of nitrogens with zero attached hydrogens (tertiary/aromatic N) is 4. The Hall–Kier alpha value is -3.72. The van der Waals surface area contributed by atoms with Crippen LogP contribution < -0.4 is 4.74 Å². The van der Waals surface area contributed by atoms with Gasteiger partial charge >= 0.3 is 0 Å². The molecule has 2 aromatic rings. The number of aliphatic hydroxyl groups excluding tert-OH is 1. The number of carbonyl (C=O) groups excluding carboxylic acids is 2. The molecular weight excluding hydrogens is 439 g/mol. The second-order valence-electron chi connectivity index (χ2n) is 7.71. The molecule has 0 atom stereocenters. The Labute approximate surface area is 199 Å². The lowest BCUT2D eigenvalue weighted by atomic mass is 10.2. The van der Waals surface area contributed by atoms with Gasteiger partial charge in [-0.05, 0) is 49.4 Å². The summed E-state index contributed by atoms with van der Waals surface area (Å²) in [6.07, 6.45) is 0.914. The van der Waals surface area contributed by atoms with Crippen LogP contribution in [0.5, 0.6) is 5.75 Å². The smallest absolute Gasteiger partial charge is 0.273 e. The highest BCUT2D eigenvalue weighted by molar-refractivity contribution is 5.93. The molecule has 0 radical (unpaired) electrons. The van der Waals surface area contributed by atoms with Gasteiger partial charge in [-0.15, -0.1) is 0 Å². The number of halogens is 1. The standard InChI is InChI=1S/C25H31FN4O4/c1-19-8-5-6-9-22(19)34-18-30(16-20-10-12-21(26)13-11-20)23(24(27-2)29(4)17-32)25(33)28(3)14-7-15-31/h5-6,8-13,17,31H,2,7,14-16,18H2,1,3-4H3/b24-23+. The molecule has 0 fully saturated rings. The number of hydrogen-bond acceptors (Lipinski definition) is 6. The van der Waals surface area contributed by atoms with Crippen molar-refractivity contribution in [2.24, 2.45) is 4.99 Å². The van der Waals surface area contributed by atoms with Gasteiger partial charge in [-0.3, -0.25) is 9.59 Å². The van der Waals surface area contributed by atoms with Crippen LogP contribution in [-0.2, 0) is 16.1 Å². The first-order valence-electron chi connectivity index (χ1n) is 10.8. The summed E-state index contributed by atoms with van der Waals surface area (Å²) >= 11 is 0. The first kappa shape index (κ1) is 26.5. The van der Waals surface area contributed by atoms with Crippen LogP contribution in [0, 0.1) is 12.7 Å². The van der Waals surface area contributed by atoms with Crippen LogP contribution in [0.4, 0.5) is 4.39 Å². The zero-order valence-electron chi connectivity index (χ0n) is 19.8. The topological polar surface area (TPSA) is 85.7 Å². The fourth-order valence-corrected chi connectivity index (χ4v) is 3.23. The Bertz CT molecular complexity index is 1010. The number of hydrogen-bond donors (Lipinski definition) is 1. The summed E-state index contributed by atoms with van der Waals surface area (Å²) in [4.78, 5) is 33.3. The molecule has 0 saturated carbocycles. The molecule has 2 amide bonds. The lowest BCUT2D eigenvalue weighted by Gasteiger charge is -2.31. The minimum absolute atomic E-state index is 0.0475. The number of aryl methyl sites for hydroxylation is 1. The number of ether oxygens (including phenoxy) is 1. The number of rotatable bonds is 13. The summed E-state index contributed by atoms with van der Waals surface area (Å²) in [5.74, 6) is -0.133. The van der Waals surface area contributed by atoms with Gasteiger partial charge in [0.15, 0.2) is 12.6 Å². The highest BCUT2D eigenvalue weighted by atomic mass is 19.1. The van der Waals surface area contributed by atoms with Crippen molar-refractivity contribution in [1.82, 2.24) is 14.7 Å². The highest BCUT2D eigenvalue weighted by Crippen LogP contribution is 2.23. The van der Waals surface area contributed by atoms with Crippen molar-refractivity contribution in [3.8, 4) is 5.75 Å². The molecule has 0 saturated heterocycles. The van der Waals surface area contributed by atoms with E-state index in [9.17, 15) is 19.1 Å². The zero-order chi connectivity index (χ0) is 25.1. The number of aliphatic imine (C=N–C) groups is 1.